The Morgan fingerprint density at radius 3 is 2.38 bits per heavy atom. The molecule has 2 amide bonds. The van der Waals surface area contributed by atoms with Gasteiger partial charge in [0.1, 0.15) is 10.6 Å². The average molecular weight is 530 g/mol. The third-order valence-electron chi connectivity index (χ3n) is 4.52. The number of carbonyl (C=O) groups excluding carboxylic acids is 2. The molecule has 0 atom stereocenters. The van der Waals surface area contributed by atoms with E-state index in [0.29, 0.717) is 5.56 Å². The minimum absolute atomic E-state index is 0.0412. The van der Waals surface area contributed by atoms with E-state index < -0.39 is 16.0 Å². The molecule has 0 N–H and O–H groups in total. The first kappa shape index (κ1) is 22.3. The summed E-state index contributed by atoms with van der Waals surface area (Å²) in [4.78, 5) is 26.6. The molecule has 0 radical (unpaired) electrons. The third kappa shape index (κ3) is 5.12. The first-order valence-electron chi connectivity index (χ1n) is 9.41. The molecule has 1 heterocycles. The van der Waals surface area contributed by atoms with Crippen molar-refractivity contribution in [1.82, 2.24) is 4.90 Å². The fourth-order valence-corrected chi connectivity index (χ4v) is 5.02. The smallest absolute Gasteiger partial charge is 0.339 e. The van der Waals surface area contributed by atoms with Crippen molar-refractivity contribution in [3.05, 3.63) is 99.4 Å². The second-order valence-electron chi connectivity index (χ2n) is 6.82. The van der Waals surface area contributed by atoms with E-state index in [1.807, 2.05) is 24.3 Å². The Bertz CT molecular complexity index is 1310. The fraction of sp³-hybridized carbons (Fsp3) is 0.0435. The second kappa shape index (κ2) is 9.32. The molecular weight excluding hydrogens is 514 g/mol. The third-order valence-corrected chi connectivity index (χ3v) is 7.22. The average Bonchev–Trinajstić information content (AvgIpc) is 3.03. The highest BCUT2D eigenvalue weighted by Crippen LogP contribution is 2.34. The number of benzene rings is 3. The molecular formula is C23H16BrNO5S2. The summed E-state index contributed by atoms with van der Waals surface area (Å²) in [6, 6.07) is 21.5. The molecule has 3 aromatic carbocycles. The van der Waals surface area contributed by atoms with Crippen molar-refractivity contribution in [3.8, 4) is 5.75 Å². The van der Waals surface area contributed by atoms with Crippen LogP contribution in [0, 0.1) is 0 Å². The normalized spacial score (nSPS) is 15.4. The highest BCUT2D eigenvalue weighted by atomic mass is 79.9. The van der Waals surface area contributed by atoms with Gasteiger partial charge in [0.2, 0.25) is 0 Å². The number of hydrogen-bond acceptors (Lipinski definition) is 6. The molecule has 6 nitrogen and oxygen atoms in total. The maximum Gasteiger partial charge on any atom is 0.339 e. The first-order valence-corrected chi connectivity index (χ1v) is 12.4. The van der Waals surface area contributed by atoms with Gasteiger partial charge in [0, 0.05) is 4.47 Å². The molecule has 1 fully saturated rings. The SMILES string of the molecule is O=C1S/C(=C\c2cccc(OS(=O)(=O)c3ccccc3)c2)C(=O)N1Cc1ccc(Br)cc1. The second-order valence-corrected chi connectivity index (χ2v) is 10.3. The van der Waals surface area contributed by atoms with Crippen LogP contribution in [0.2, 0.25) is 0 Å². The molecule has 162 valence electrons. The van der Waals surface area contributed by atoms with Crippen molar-refractivity contribution >= 4 is 55.0 Å². The van der Waals surface area contributed by atoms with Crippen LogP contribution in [0.25, 0.3) is 6.08 Å². The standard InChI is InChI=1S/C23H16BrNO5S2/c24-18-11-9-16(10-12-18)15-25-22(26)21(31-23(25)27)14-17-5-4-6-19(13-17)30-32(28,29)20-7-2-1-3-8-20/h1-14H,15H2/b21-14-. The summed E-state index contributed by atoms with van der Waals surface area (Å²) in [5, 5.41) is -0.358. The molecule has 0 spiro atoms. The highest BCUT2D eigenvalue weighted by Gasteiger charge is 2.35. The van der Waals surface area contributed by atoms with Crippen molar-refractivity contribution in [2.24, 2.45) is 0 Å². The van der Waals surface area contributed by atoms with Crippen molar-refractivity contribution in [2.75, 3.05) is 0 Å². The van der Waals surface area contributed by atoms with Crippen LogP contribution in [0.1, 0.15) is 11.1 Å². The Labute approximate surface area is 198 Å². The van der Waals surface area contributed by atoms with Gasteiger partial charge in [-0.2, -0.15) is 8.42 Å². The van der Waals surface area contributed by atoms with E-state index in [0.717, 1.165) is 21.8 Å². The quantitative estimate of drug-likeness (QED) is 0.311. The molecule has 0 aromatic heterocycles. The summed E-state index contributed by atoms with van der Waals surface area (Å²) in [6.07, 6.45) is 1.55. The zero-order valence-electron chi connectivity index (χ0n) is 16.5. The van der Waals surface area contributed by atoms with Crippen LogP contribution in [0.15, 0.2) is 93.1 Å². The van der Waals surface area contributed by atoms with E-state index in [-0.39, 0.29) is 27.3 Å². The summed E-state index contributed by atoms with van der Waals surface area (Å²) < 4.78 is 31.0. The molecule has 4 rings (SSSR count). The number of imide groups is 1. The van der Waals surface area contributed by atoms with Crippen LogP contribution in [0.3, 0.4) is 0 Å². The van der Waals surface area contributed by atoms with Gasteiger partial charge in [-0.25, -0.2) is 0 Å². The van der Waals surface area contributed by atoms with Crippen LogP contribution < -0.4 is 4.18 Å². The number of nitrogens with zero attached hydrogens (tertiary/aromatic N) is 1. The van der Waals surface area contributed by atoms with E-state index in [1.165, 1.54) is 29.2 Å². The molecule has 0 aliphatic carbocycles. The number of carbonyl (C=O) groups is 2. The van der Waals surface area contributed by atoms with Crippen LogP contribution in [0.4, 0.5) is 4.79 Å². The Kier molecular flexibility index (Phi) is 6.50. The lowest BCUT2D eigenvalue weighted by Crippen LogP contribution is -2.27. The molecule has 0 bridgehead atoms. The fourth-order valence-electron chi connectivity index (χ4n) is 2.98. The number of amides is 2. The minimum atomic E-state index is -3.98. The Morgan fingerprint density at radius 1 is 0.938 bits per heavy atom. The topological polar surface area (TPSA) is 80.8 Å². The predicted molar refractivity (Wildman–Crippen MR) is 126 cm³/mol. The lowest BCUT2D eigenvalue weighted by molar-refractivity contribution is -0.123. The molecule has 9 heteroatoms. The largest absolute Gasteiger partial charge is 0.379 e. The summed E-state index contributed by atoms with van der Waals surface area (Å²) in [6.45, 7) is 0.174. The zero-order valence-corrected chi connectivity index (χ0v) is 19.7. The maximum absolute atomic E-state index is 12.8. The Morgan fingerprint density at radius 2 is 1.66 bits per heavy atom. The Balaban J connectivity index is 1.52. The van der Waals surface area contributed by atoms with Gasteiger partial charge >= 0.3 is 10.1 Å². The van der Waals surface area contributed by atoms with Crippen LogP contribution in [-0.4, -0.2) is 24.5 Å². The van der Waals surface area contributed by atoms with Gasteiger partial charge in [0.15, 0.2) is 0 Å². The molecule has 0 saturated carbocycles. The maximum atomic E-state index is 12.8. The van der Waals surface area contributed by atoms with E-state index in [2.05, 4.69) is 15.9 Å². The first-order chi connectivity index (χ1) is 15.3. The van der Waals surface area contributed by atoms with E-state index in [4.69, 9.17) is 4.18 Å². The van der Waals surface area contributed by atoms with Crippen LogP contribution in [0.5, 0.6) is 5.75 Å². The van der Waals surface area contributed by atoms with Gasteiger partial charge in [0.25, 0.3) is 11.1 Å². The molecule has 1 aliphatic heterocycles. The van der Waals surface area contributed by atoms with Gasteiger partial charge in [-0.1, -0.05) is 58.4 Å². The summed E-state index contributed by atoms with van der Waals surface area (Å²) in [5.41, 5.74) is 1.37. The number of rotatable bonds is 6. The molecule has 32 heavy (non-hydrogen) atoms. The van der Waals surface area contributed by atoms with Crippen molar-refractivity contribution in [1.29, 1.82) is 0 Å². The van der Waals surface area contributed by atoms with E-state index in [1.54, 1.807) is 36.4 Å². The molecule has 1 aliphatic rings. The van der Waals surface area contributed by atoms with Crippen molar-refractivity contribution in [2.45, 2.75) is 11.4 Å². The predicted octanol–water partition coefficient (Wildman–Crippen LogP) is 5.45. The lowest BCUT2D eigenvalue weighted by atomic mass is 10.2. The Hall–Kier alpha value is -2.88. The van der Waals surface area contributed by atoms with Gasteiger partial charge in [-0.05, 0) is 65.4 Å². The van der Waals surface area contributed by atoms with Crippen LogP contribution in [-0.2, 0) is 21.5 Å². The number of halogens is 1. The van der Waals surface area contributed by atoms with Gasteiger partial charge in [-0.15, -0.1) is 0 Å². The van der Waals surface area contributed by atoms with Crippen LogP contribution >= 0.6 is 27.7 Å². The minimum Gasteiger partial charge on any atom is -0.379 e. The van der Waals surface area contributed by atoms with E-state index >= 15 is 0 Å². The number of hydrogen-bond donors (Lipinski definition) is 0. The summed E-state index contributed by atoms with van der Waals surface area (Å²) in [5.74, 6) is -0.289. The summed E-state index contributed by atoms with van der Waals surface area (Å²) in [7, 11) is -3.98. The van der Waals surface area contributed by atoms with Gasteiger partial charge in [-0.3, -0.25) is 14.5 Å². The van der Waals surface area contributed by atoms with E-state index in [9.17, 15) is 18.0 Å². The lowest BCUT2D eigenvalue weighted by Gasteiger charge is -2.12. The molecule has 0 unspecified atom stereocenters. The van der Waals surface area contributed by atoms with Gasteiger partial charge in [0.05, 0.1) is 11.4 Å². The monoisotopic (exact) mass is 529 g/mol. The van der Waals surface area contributed by atoms with Crippen molar-refractivity contribution in [3.63, 3.8) is 0 Å². The highest BCUT2D eigenvalue weighted by molar-refractivity contribution is 9.10. The summed E-state index contributed by atoms with van der Waals surface area (Å²) >= 11 is 4.20. The molecule has 1 saturated heterocycles. The molecule has 3 aromatic rings. The van der Waals surface area contributed by atoms with Crippen molar-refractivity contribution < 1.29 is 22.2 Å². The zero-order chi connectivity index (χ0) is 22.7. The number of thioether (sulfide) groups is 1. The van der Waals surface area contributed by atoms with Gasteiger partial charge < -0.3 is 4.18 Å².